The van der Waals surface area contributed by atoms with Crippen molar-refractivity contribution < 1.29 is 14.0 Å². The highest BCUT2D eigenvalue weighted by Crippen LogP contribution is 2.15. The van der Waals surface area contributed by atoms with E-state index in [1.54, 1.807) is 6.92 Å². The third kappa shape index (κ3) is 5.01. The average molecular weight is 336 g/mol. The van der Waals surface area contributed by atoms with E-state index in [2.05, 4.69) is 27.5 Å². The second kappa shape index (κ2) is 8.21. The normalized spacial score (nSPS) is 17.3. The Balaban J connectivity index is 1.80. The Kier molecular flexibility index (Phi) is 6.28. The Morgan fingerprint density at radius 3 is 2.50 bits per heavy atom. The number of nitrogens with zero attached hydrogens (tertiary/aromatic N) is 2. The van der Waals surface area contributed by atoms with E-state index < -0.39 is 11.8 Å². The van der Waals surface area contributed by atoms with Crippen molar-refractivity contribution in [3.63, 3.8) is 0 Å². The van der Waals surface area contributed by atoms with Crippen LogP contribution in [0.3, 0.4) is 0 Å². The van der Waals surface area contributed by atoms with Crippen LogP contribution in [0.2, 0.25) is 0 Å². The first-order valence-electron chi connectivity index (χ1n) is 8.14. The van der Waals surface area contributed by atoms with Crippen LogP contribution in [-0.4, -0.2) is 67.4 Å². The van der Waals surface area contributed by atoms with Crippen LogP contribution >= 0.6 is 0 Å². The molecule has 1 aliphatic heterocycles. The van der Waals surface area contributed by atoms with Gasteiger partial charge in [-0.25, -0.2) is 4.39 Å². The van der Waals surface area contributed by atoms with Gasteiger partial charge in [0, 0.05) is 44.5 Å². The molecule has 0 spiro atoms. The maximum Gasteiger partial charge on any atom is 0.313 e. The van der Waals surface area contributed by atoms with E-state index in [-0.39, 0.29) is 11.9 Å². The summed E-state index contributed by atoms with van der Waals surface area (Å²) >= 11 is 0. The summed E-state index contributed by atoms with van der Waals surface area (Å²) in [7, 11) is 2.09. The molecule has 1 atom stereocenters. The fourth-order valence-corrected chi connectivity index (χ4v) is 2.66. The lowest BCUT2D eigenvalue weighted by molar-refractivity contribution is -0.136. The van der Waals surface area contributed by atoms with Crippen LogP contribution in [-0.2, 0) is 9.59 Å². The third-order valence-corrected chi connectivity index (χ3v) is 4.36. The van der Waals surface area contributed by atoms with Crippen LogP contribution in [0.15, 0.2) is 18.2 Å². The highest BCUT2D eigenvalue weighted by molar-refractivity contribution is 6.39. The predicted octanol–water partition coefficient (Wildman–Crippen LogP) is 0.825. The number of rotatable bonds is 4. The van der Waals surface area contributed by atoms with E-state index in [1.807, 2.05) is 6.92 Å². The third-order valence-electron chi connectivity index (χ3n) is 4.36. The zero-order valence-electron chi connectivity index (χ0n) is 14.4. The number of anilines is 1. The molecule has 1 saturated heterocycles. The Labute approximate surface area is 142 Å². The first-order chi connectivity index (χ1) is 11.4. The molecule has 0 bridgehead atoms. The number of carbonyl (C=O) groups excluding carboxylic acids is 2. The van der Waals surface area contributed by atoms with E-state index >= 15 is 0 Å². The minimum absolute atomic E-state index is 0.169. The molecule has 6 nitrogen and oxygen atoms in total. The molecule has 1 fully saturated rings. The summed E-state index contributed by atoms with van der Waals surface area (Å²) in [5.74, 6) is -1.80. The first kappa shape index (κ1) is 18.4. The molecule has 2 N–H and O–H groups in total. The zero-order valence-corrected chi connectivity index (χ0v) is 14.4. The largest absolute Gasteiger partial charge is 0.346 e. The van der Waals surface area contributed by atoms with Crippen LogP contribution in [0.5, 0.6) is 0 Å². The predicted molar refractivity (Wildman–Crippen MR) is 91.3 cm³/mol. The molecule has 1 aromatic carbocycles. The zero-order chi connectivity index (χ0) is 17.7. The van der Waals surface area contributed by atoms with E-state index in [0.717, 1.165) is 26.2 Å². The minimum atomic E-state index is -0.740. The average Bonchev–Trinajstić information content (AvgIpc) is 2.55. The fraction of sp³-hybridized carbons (Fsp3) is 0.529. The maximum atomic E-state index is 13.1. The lowest BCUT2D eigenvalue weighted by Crippen LogP contribution is -2.52. The lowest BCUT2D eigenvalue weighted by atomic mass is 10.2. The lowest BCUT2D eigenvalue weighted by Gasteiger charge is -2.36. The molecule has 0 aromatic heterocycles. The Bertz CT molecular complexity index is 600. The highest BCUT2D eigenvalue weighted by atomic mass is 19.1. The molecule has 2 rings (SSSR count). The summed E-state index contributed by atoms with van der Waals surface area (Å²) in [6.07, 6.45) is 0. The van der Waals surface area contributed by atoms with Crippen LogP contribution in [0, 0.1) is 12.7 Å². The van der Waals surface area contributed by atoms with Gasteiger partial charge in [-0.05, 0) is 44.7 Å². The molecule has 7 heteroatoms. The van der Waals surface area contributed by atoms with E-state index in [0.29, 0.717) is 17.8 Å². The van der Waals surface area contributed by atoms with Crippen molar-refractivity contribution in [2.45, 2.75) is 19.9 Å². The Hall–Kier alpha value is -1.99. The molecule has 0 radical (unpaired) electrons. The molecule has 1 aliphatic rings. The summed E-state index contributed by atoms with van der Waals surface area (Å²) in [6.45, 7) is 8.03. The van der Waals surface area contributed by atoms with Gasteiger partial charge in [-0.2, -0.15) is 0 Å². The van der Waals surface area contributed by atoms with E-state index in [9.17, 15) is 14.0 Å². The van der Waals surface area contributed by atoms with Gasteiger partial charge in [-0.3, -0.25) is 14.5 Å². The number of amides is 2. The maximum absolute atomic E-state index is 13.1. The minimum Gasteiger partial charge on any atom is -0.346 e. The second-order valence-corrected chi connectivity index (χ2v) is 6.31. The molecule has 2 amide bonds. The molecule has 0 saturated carbocycles. The molecule has 24 heavy (non-hydrogen) atoms. The molecule has 0 aliphatic carbocycles. The number of hydrogen-bond acceptors (Lipinski definition) is 4. The fourth-order valence-electron chi connectivity index (χ4n) is 2.66. The molecule has 132 valence electrons. The van der Waals surface area contributed by atoms with Gasteiger partial charge < -0.3 is 15.5 Å². The molecule has 1 unspecified atom stereocenters. The number of piperazine rings is 1. The topological polar surface area (TPSA) is 64.7 Å². The molecule has 1 aromatic rings. The van der Waals surface area contributed by atoms with E-state index in [1.165, 1.54) is 18.2 Å². The van der Waals surface area contributed by atoms with Gasteiger partial charge in [0.2, 0.25) is 0 Å². The standard InChI is InChI=1S/C17H25FN4O2/c1-12-10-14(18)4-5-15(12)20-17(24)16(23)19-11-13(2)22-8-6-21(3)7-9-22/h4-5,10,13H,6-9,11H2,1-3H3,(H,19,23)(H,20,24). The highest BCUT2D eigenvalue weighted by Gasteiger charge is 2.21. The quantitative estimate of drug-likeness (QED) is 0.799. The van der Waals surface area contributed by atoms with Gasteiger partial charge in [-0.15, -0.1) is 0 Å². The van der Waals surface area contributed by atoms with E-state index in [4.69, 9.17) is 0 Å². The van der Waals surface area contributed by atoms with Crippen molar-refractivity contribution in [2.75, 3.05) is 45.1 Å². The summed E-state index contributed by atoms with van der Waals surface area (Å²) in [6, 6.07) is 4.17. The van der Waals surface area contributed by atoms with Crippen molar-refractivity contribution in [2.24, 2.45) is 0 Å². The van der Waals surface area contributed by atoms with Gasteiger partial charge in [0.25, 0.3) is 0 Å². The number of benzene rings is 1. The number of hydrogen-bond donors (Lipinski definition) is 2. The smallest absolute Gasteiger partial charge is 0.313 e. The molecular formula is C17H25FN4O2. The van der Waals surface area contributed by atoms with Crippen LogP contribution in [0.4, 0.5) is 10.1 Å². The summed E-state index contributed by atoms with van der Waals surface area (Å²) in [5.41, 5.74) is 1.01. The molecular weight excluding hydrogens is 311 g/mol. The van der Waals surface area contributed by atoms with Crippen LogP contribution in [0.1, 0.15) is 12.5 Å². The van der Waals surface area contributed by atoms with Gasteiger partial charge >= 0.3 is 11.8 Å². The summed E-state index contributed by atoms with van der Waals surface area (Å²) in [5, 5.41) is 5.17. The van der Waals surface area contributed by atoms with Crippen molar-refractivity contribution in [1.29, 1.82) is 0 Å². The number of nitrogens with one attached hydrogen (secondary N) is 2. The Morgan fingerprint density at radius 1 is 1.21 bits per heavy atom. The second-order valence-electron chi connectivity index (χ2n) is 6.31. The number of carbonyl (C=O) groups is 2. The van der Waals surface area contributed by atoms with Gasteiger partial charge in [0.05, 0.1) is 0 Å². The van der Waals surface area contributed by atoms with Crippen molar-refractivity contribution in [1.82, 2.24) is 15.1 Å². The van der Waals surface area contributed by atoms with Crippen molar-refractivity contribution >= 4 is 17.5 Å². The van der Waals surface area contributed by atoms with Crippen molar-refractivity contribution in [3.8, 4) is 0 Å². The monoisotopic (exact) mass is 336 g/mol. The SMILES string of the molecule is Cc1cc(F)ccc1NC(=O)C(=O)NCC(C)N1CCN(C)CC1. The van der Waals surface area contributed by atoms with Gasteiger partial charge in [0.15, 0.2) is 0 Å². The van der Waals surface area contributed by atoms with Gasteiger partial charge in [-0.1, -0.05) is 0 Å². The van der Waals surface area contributed by atoms with Crippen molar-refractivity contribution in [3.05, 3.63) is 29.6 Å². The number of likely N-dealkylation sites (N-methyl/N-ethyl adjacent to an activating group) is 1. The number of halogens is 1. The molecule has 1 heterocycles. The van der Waals surface area contributed by atoms with Crippen LogP contribution < -0.4 is 10.6 Å². The Morgan fingerprint density at radius 2 is 1.88 bits per heavy atom. The summed E-state index contributed by atoms with van der Waals surface area (Å²) < 4.78 is 13.1. The summed E-state index contributed by atoms with van der Waals surface area (Å²) in [4.78, 5) is 28.4. The van der Waals surface area contributed by atoms with Gasteiger partial charge in [0.1, 0.15) is 5.82 Å². The van der Waals surface area contributed by atoms with Crippen LogP contribution in [0.25, 0.3) is 0 Å². The first-order valence-corrected chi connectivity index (χ1v) is 8.14. The number of aryl methyl sites for hydroxylation is 1.